The summed E-state index contributed by atoms with van der Waals surface area (Å²) in [5, 5.41) is 14.3. The van der Waals surface area contributed by atoms with Gasteiger partial charge in [-0.25, -0.2) is 0 Å². The Balaban J connectivity index is 2.15. The van der Waals surface area contributed by atoms with Gasteiger partial charge >= 0.3 is 0 Å². The van der Waals surface area contributed by atoms with Crippen LogP contribution < -0.4 is 5.73 Å². The second-order valence-electron chi connectivity index (χ2n) is 3.71. The van der Waals surface area contributed by atoms with Crippen LogP contribution in [0.25, 0.3) is 11.5 Å². The zero-order valence-corrected chi connectivity index (χ0v) is 9.57. The molecular weight excluding hydrogens is 236 g/mol. The minimum atomic E-state index is -0.454. The summed E-state index contributed by atoms with van der Waals surface area (Å²) < 4.78 is 5.08. The van der Waals surface area contributed by atoms with Crippen molar-refractivity contribution in [3.63, 3.8) is 0 Å². The number of hydrogen-bond donors (Lipinski definition) is 1. The van der Waals surface area contributed by atoms with Crippen LogP contribution in [0.2, 0.25) is 0 Å². The lowest BCUT2D eigenvalue weighted by atomic mass is 10.2. The lowest BCUT2D eigenvalue weighted by Crippen LogP contribution is -2.01. The molecular formula is C11H12N4O3. The maximum absolute atomic E-state index is 10.5. The fourth-order valence-electron chi connectivity index (χ4n) is 1.46. The summed E-state index contributed by atoms with van der Waals surface area (Å²) in [7, 11) is 0. The van der Waals surface area contributed by atoms with Crippen molar-refractivity contribution in [2.45, 2.75) is 12.8 Å². The Kier molecular flexibility index (Phi) is 3.63. The summed E-state index contributed by atoms with van der Waals surface area (Å²) in [6.45, 7) is 0.571. The average Bonchev–Trinajstić information content (AvgIpc) is 2.85. The molecule has 18 heavy (non-hydrogen) atoms. The number of hydrogen-bond acceptors (Lipinski definition) is 6. The third-order valence-electron chi connectivity index (χ3n) is 2.40. The SMILES string of the molecule is NCCCc1noc(-c2ccc([N+](=O)[O-])cc2)n1. The minimum absolute atomic E-state index is 0.0293. The van der Waals surface area contributed by atoms with E-state index in [0.717, 1.165) is 6.42 Å². The third kappa shape index (κ3) is 2.69. The van der Waals surface area contributed by atoms with Gasteiger partial charge in [-0.05, 0) is 25.1 Å². The van der Waals surface area contributed by atoms with Crippen molar-refractivity contribution in [3.8, 4) is 11.5 Å². The third-order valence-corrected chi connectivity index (χ3v) is 2.40. The van der Waals surface area contributed by atoms with Crippen molar-refractivity contribution in [3.05, 3.63) is 40.2 Å². The number of benzene rings is 1. The van der Waals surface area contributed by atoms with Crippen molar-refractivity contribution < 1.29 is 9.45 Å². The highest BCUT2D eigenvalue weighted by Crippen LogP contribution is 2.20. The molecule has 94 valence electrons. The van der Waals surface area contributed by atoms with E-state index >= 15 is 0 Å². The number of nitrogens with two attached hydrogens (primary N) is 1. The van der Waals surface area contributed by atoms with E-state index in [-0.39, 0.29) is 5.69 Å². The van der Waals surface area contributed by atoms with Gasteiger partial charge in [0.25, 0.3) is 11.6 Å². The zero-order valence-electron chi connectivity index (χ0n) is 9.57. The van der Waals surface area contributed by atoms with Crippen molar-refractivity contribution in [2.24, 2.45) is 5.73 Å². The molecule has 0 amide bonds. The van der Waals surface area contributed by atoms with E-state index < -0.39 is 4.92 Å². The molecule has 0 aliphatic carbocycles. The standard InChI is InChI=1S/C11H12N4O3/c12-7-1-2-10-13-11(18-14-10)8-3-5-9(6-4-8)15(16)17/h3-6H,1-2,7,12H2. The van der Waals surface area contributed by atoms with Gasteiger partial charge in [0.2, 0.25) is 0 Å². The predicted octanol–water partition coefficient (Wildman–Crippen LogP) is 1.54. The molecule has 0 aliphatic heterocycles. The quantitative estimate of drug-likeness (QED) is 0.635. The van der Waals surface area contributed by atoms with Crippen LogP contribution in [-0.2, 0) is 6.42 Å². The average molecular weight is 248 g/mol. The number of aromatic nitrogens is 2. The van der Waals surface area contributed by atoms with Crippen molar-refractivity contribution in [2.75, 3.05) is 6.54 Å². The molecule has 0 fully saturated rings. The Bertz CT molecular complexity index is 535. The number of nitrogens with zero attached hydrogens (tertiary/aromatic N) is 3. The van der Waals surface area contributed by atoms with Gasteiger partial charge in [0, 0.05) is 24.1 Å². The Labute approximate surface area is 103 Å². The fourth-order valence-corrected chi connectivity index (χ4v) is 1.46. The van der Waals surface area contributed by atoms with Gasteiger partial charge < -0.3 is 10.3 Å². The number of non-ortho nitro benzene ring substituents is 1. The molecule has 0 aliphatic rings. The topological polar surface area (TPSA) is 108 Å². The highest BCUT2D eigenvalue weighted by atomic mass is 16.6. The van der Waals surface area contributed by atoms with Crippen LogP contribution in [0.1, 0.15) is 12.2 Å². The number of aryl methyl sites for hydroxylation is 1. The summed E-state index contributed by atoms with van der Waals surface area (Å²) in [5.41, 5.74) is 6.08. The molecule has 0 atom stereocenters. The molecule has 0 radical (unpaired) electrons. The second-order valence-corrected chi connectivity index (χ2v) is 3.71. The van der Waals surface area contributed by atoms with Gasteiger partial charge in [0.1, 0.15) is 0 Å². The maximum atomic E-state index is 10.5. The summed E-state index contributed by atoms with van der Waals surface area (Å²) in [6.07, 6.45) is 1.45. The molecule has 0 saturated carbocycles. The van der Waals surface area contributed by atoms with Crippen LogP contribution in [0.4, 0.5) is 5.69 Å². The van der Waals surface area contributed by atoms with E-state index in [9.17, 15) is 10.1 Å². The molecule has 2 rings (SSSR count). The smallest absolute Gasteiger partial charge is 0.269 e. The molecule has 7 heteroatoms. The summed E-state index contributed by atoms with van der Waals surface area (Å²) in [4.78, 5) is 14.2. The van der Waals surface area contributed by atoms with Gasteiger partial charge in [-0.1, -0.05) is 5.16 Å². The Morgan fingerprint density at radius 3 is 2.67 bits per heavy atom. The van der Waals surface area contributed by atoms with Crippen LogP contribution in [0.5, 0.6) is 0 Å². The van der Waals surface area contributed by atoms with Crippen LogP contribution in [0, 0.1) is 10.1 Å². The number of nitro groups is 1. The van der Waals surface area contributed by atoms with Crippen molar-refractivity contribution in [1.29, 1.82) is 0 Å². The van der Waals surface area contributed by atoms with Crippen LogP contribution >= 0.6 is 0 Å². The predicted molar refractivity (Wildman–Crippen MR) is 63.8 cm³/mol. The number of nitro benzene ring substituents is 1. The summed E-state index contributed by atoms with van der Waals surface area (Å²) >= 11 is 0. The molecule has 0 spiro atoms. The van der Waals surface area contributed by atoms with E-state index in [1.54, 1.807) is 12.1 Å². The van der Waals surface area contributed by atoms with E-state index in [2.05, 4.69) is 10.1 Å². The highest BCUT2D eigenvalue weighted by Gasteiger charge is 2.10. The first kappa shape index (κ1) is 12.2. The highest BCUT2D eigenvalue weighted by molar-refractivity contribution is 5.55. The van der Waals surface area contributed by atoms with Gasteiger partial charge in [-0.3, -0.25) is 10.1 Å². The summed E-state index contributed by atoms with van der Waals surface area (Å²) in [6, 6.07) is 5.97. The molecule has 1 aromatic heterocycles. The first-order valence-electron chi connectivity index (χ1n) is 5.48. The van der Waals surface area contributed by atoms with E-state index in [0.29, 0.717) is 30.2 Å². The lowest BCUT2D eigenvalue weighted by Gasteiger charge is -1.93. The van der Waals surface area contributed by atoms with E-state index in [1.165, 1.54) is 12.1 Å². The molecule has 0 bridgehead atoms. The maximum Gasteiger partial charge on any atom is 0.269 e. The van der Waals surface area contributed by atoms with Gasteiger partial charge in [-0.15, -0.1) is 0 Å². The largest absolute Gasteiger partial charge is 0.334 e. The van der Waals surface area contributed by atoms with Gasteiger partial charge in [0.15, 0.2) is 5.82 Å². The zero-order chi connectivity index (χ0) is 13.0. The molecule has 1 aromatic carbocycles. The van der Waals surface area contributed by atoms with Crippen LogP contribution in [-0.4, -0.2) is 21.6 Å². The van der Waals surface area contributed by atoms with Gasteiger partial charge in [-0.2, -0.15) is 4.98 Å². The molecule has 1 heterocycles. The van der Waals surface area contributed by atoms with Gasteiger partial charge in [0.05, 0.1) is 4.92 Å². The lowest BCUT2D eigenvalue weighted by molar-refractivity contribution is -0.384. The monoisotopic (exact) mass is 248 g/mol. The Hall–Kier alpha value is -2.28. The van der Waals surface area contributed by atoms with E-state index in [4.69, 9.17) is 10.3 Å². The fraction of sp³-hybridized carbons (Fsp3) is 0.273. The molecule has 0 saturated heterocycles. The van der Waals surface area contributed by atoms with Crippen LogP contribution in [0.15, 0.2) is 28.8 Å². The normalized spacial score (nSPS) is 10.5. The van der Waals surface area contributed by atoms with Crippen molar-refractivity contribution >= 4 is 5.69 Å². The Morgan fingerprint density at radius 2 is 2.06 bits per heavy atom. The first-order valence-corrected chi connectivity index (χ1v) is 5.48. The Morgan fingerprint density at radius 1 is 1.33 bits per heavy atom. The molecule has 2 aromatic rings. The first-order chi connectivity index (χ1) is 8.70. The van der Waals surface area contributed by atoms with Crippen LogP contribution in [0.3, 0.4) is 0 Å². The minimum Gasteiger partial charge on any atom is -0.334 e. The number of rotatable bonds is 5. The molecule has 2 N–H and O–H groups in total. The molecule has 7 nitrogen and oxygen atoms in total. The van der Waals surface area contributed by atoms with Crippen molar-refractivity contribution in [1.82, 2.24) is 10.1 Å². The molecule has 0 unspecified atom stereocenters. The summed E-state index contributed by atoms with van der Waals surface area (Å²) in [5.74, 6) is 0.950. The van der Waals surface area contributed by atoms with E-state index in [1.807, 2.05) is 0 Å². The second kappa shape index (κ2) is 5.37.